The monoisotopic (exact) mass is 422 g/mol. The molecule has 1 aliphatic carbocycles. The first-order valence-electron chi connectivity index (χ1n) is 9.89. The van der Waals surface area contributed by atoms with Crippen LogP contribution in [-0.4, -0.2) is 19.5 Å². The summed E-state index contributed by atoms with van der Waals surface area (Å²) in [7, 11) is 0. The summed E-state index contributed by atoms with van der Waals surface area (Å²) in [5, 5.41) is 1.16. The van der Waals surface area contributed by atoms with Gasteiger partial charge in [-0.1, -0.05) is 60.5 Å². The van der Waals surface area contributed by atoms with E-state index >= 15 is 0 Å². The van der Waals surface area contributed by atoms with Crippen LogP contribution in [0.3, 0.4) is 0 Å². The van der Waals surface area contributed by atoms with Crippen molar-refractivity contribution in [3.05, 3.63) is 76.3 Å². The molecule has 1 unspecified atom stereocenters. The van der Waals surface area contributed by atoms with E-state index in [4.69, 9.17) is 28.2 Å². The molecule has 1 atom stereocenters. The van der Waals surface area contributed by atoms with Gasteiger partial charge in [0.15, 0.2) is 5.65 Å². The van der Waals surface area contributed by atoms with E-state index in [9.17, 15) is 0 Å². The standard InChI is InChI=1S/C23H20Cl2N4/c1-2-19-28-21-20(17-11-10-16(24)12-18(17)25)26-13-27-23(21)29(19)22(15-8-9-15)14-6-4-3-5-7-14/h3-7,10-13,15,22H,2,8-9H2,1H3. The van der Waals surface area contributed by atoms with Crippen LogP contribution in [0.1, 0.15) is 37.2 Å². The molecule has 2 aromatic carbocycles. The largest absolute Gasteiger partial charge is 0.305 e. The Balaban J connectivity index is 1.75. The van der Waals surface area contributed by atoms with E-state index in [1.54, 1.807) is 12.4 Å². The van der Waals surface area contributed by atoms with Crippen molar-refractivity contribution in [2.24, 2.45) is 5.92 Å². The Kier molecular flexibility index (Phi) is 4.76. The predicted octanol–water partition coefficient (Wildman–Crippen LogP) is 6.36. The molecule has 0 N–H and O–H groups in total. The number of halogens is 2. The van der Waals surface area contributed by atoms with Crippen molar-refractivity contribution in [3.63, 3.8) is 0 Å². The minimum absolute atomic E-state index is 0.236. The van der Waals surface area contributed by atoms with Gasteiger partial charge in [-0.2, -0.15) is 0 Å². The van der Waals surface area contributed by atoms with Crippen LogP contribution in [0.25, 0.3) is 22.4 Å². The van der Waals surface area contributed by atoms with Crippen LogP contribution in [0.5, 0.6) is 0 Å². The van der Waals surface area contributed by atoms with Gasteiger partial charge in [-0.3, -0.25) is 0 Å². The molecule has 29 heavy (non-hydrogen) atoms. The second-order valence-corrected chi connectivity index (χ2v) is 8.31. The third kappa shape index (κ3) is 3.30. The molecule has 1 fully saturated rings. The second-order valence-electron chi connectivity index (χ2n) is 7.46. The molecule has 5 rings (SSSR count). The van der Waals surface area contributed by atoms with Crippen molar-refractivity contribution in [2.45, 2.75) is 32.2 Å². The fourth-order valence-corrected chi connectivity index (χ4v) is 4.57. The summed E-state index contributed by atoms with van der Waals surface area (Å²) < 4.78 is 2.32. The number of imidazole rings is 1. The summed E-state index contributed by atoms with van der Waals surface area (Å²) in [6.07, 6.45) is 4.88. The maximum absolute atomic E-state index is 6.48. The molecule has 1 aliphatic rings. The Morgan fingerprint density at radius 3 is 2.55 bits per heavy atom. The fourth-order valence-electron chi connectivity index (χ4n) is 4.07. The Hall–Kier alpha value is -2.43. The first-order valence-corrected chi connectivity index (χ1v) is 10.6. The van der Waals surface area contributed by atoms with E-state index in [-0.39, 0.29) is 6.04 Å². The van der Waals surface area contributed by atoms with Crippen LogP contribution in [0, 0.1) is 5.92 Å². The third-order valence-corrected chi connectivity index (χ3v) is 6.09. The van der Waals surface area contributed by atoms with Crippen LogP contribution in [-0.2, 0) is 6.42 Å². The number of hydrogen-bond acceptors (Lipinski definition) is 3. The molecule has 4 aromatic rings. The number of fused-ring (bicyclic) bond motifs is 1. The SMILES string of the molecule is CCc1nc2c(-c3ccc(Cl)cc3Cl)ncnc2n1C(c1ccccc1)C1CC1. The summed E-state index contributed by atoms with van der Waals surface area (Å²) in [5.41, 5.74) is 4.51. The number of aryl methyl sites for hydroxylation is 1. The van der Waals surface area contributed by atoms with Crippen molar-refractivity contribution in [1.29, 1.82) is 0 Å². The number of aromatic nitrogens is 4. The molecule has 6 heteroatoms. The van der Waals surface area contributed by atoms with E-state index in [0.29, 0.717) is 16.0 Å². The quantitative estimate of drug-likeness (QED) is 0.375. The molecule has 0 spiro atoms. The van der Waals surface area contributed by atoms with E-state index in [2.05, 4.69) is 51.8 Å². The zero-order valence-corrected chi connectivity index (χ0v) is 17.5. The van der Waals surface area contributed by atoms with E-state index in [1.165, 1.54) is 18.4 Å². The first kappa shape index (κ1) is 18.6. The number of rotatable bonds is 5. The first-order chi connectivity index (χ1) is 14.2. The van der Waals surface area contributed by atoms with Crippen LogP contribution >= 0.6 is 23.2 Å². The topological polar surface area (TPSA) is 43.6 Å². The van der Waals surface area contributed by atoms with E-state index < -0.39 is 0 Å². The molecule has 0 amide bonds. The summed E-state index contributed by atoms with van der Waals surface area (Å²) in [4.78, 5) is 14.2. The van der Waals surface area contributed by atoms with Gasteiger partial charge in [-0.05, 0) is 42.5 Å². The average molecular weight is 423 g/mol. The Labute approximate surface area is 179 Å². The van der Waals surface area contributed by atoms with Crippen molar-refractivity contribution < 1.29 is 0 Å². The normalized spacial score (nSPS) is 15.0. The molecular formula is C23H20Cl2N4. The van der Waals surface area contributed by atoms with Crippen LogP contribution in [0.2, 0.25) is 10.0 Å². The summed E-state index contributed by atoms with van der Waals surface area (Å²) in [6.45, 7) is 2.13. The molecule has 146 valence electrons. The van der Waals surface area contributed by atoms with Crippen molar-refractivity contribution in [3.8, 4) is 11.3 Å². The Morgan fingerprint density at radius 2 is 1.86 bits per heavy atom. The average Bonchev–Trinajstić information content (AvgIpc) is 3.50. The highest BCUT2D eigenvalue weighted by Gasteiger charge is 2.36. The van der Waals surface area contributed by atoms with Gasteiger partial charge in [0.25, 0.3) is 0 Å². The highest BCUT2D eigenvalue weighted by molar-refractivity contribution is 6.36. The Bertz CT molecular complexity index is 1180. The molecule has 0 radical (unpaired) electrons. The van der Waals surface area contributed by atoms with Crippen LogP contribution in [0.4, 0.5) is 0 Å². The lowest BCUT2D eigenvalue weighted by molar-refractivity contribution is 0.511. The van der Waals surface area contributed by atoms with Gasteiger partial charge in [0.2, 0.25) is 0 Å². The summed E-state index contributed by atoms with van der Waals surface area (Å²) in [5.74, 6) is 1.63. The van der Waals surface area contributed by atoms with Crippen molar-refractivity contribution in [1.82, 2.24) is 19.5 Å². The zero-order chi connectivity index (χ0) is 20.0. The lowest BCUT2D eigenvalue weighted by Gasteiger charge is -2.21. The minimum atomic E-state index is 0.236. The number of hydrogen-bond donors (Lipinski definition) is 0. The van der Waals surface area contributed by atoms with E-state index in [1.807, 2.05) is 12.1 Å². The molecular weight excluding hydrogens is 403 g/mol. The highest BCUT2D eigenvalue weighted by atomic mass is 35.5. The van der Waals surface area contributed by atoms with Gasteiger partial charge in [0, 0.05) is 17.0 Å². The molecule has 2 heterocycles. The summed E-state index contributed by atoms with van der Waals surface area (Å²) >= 11 is 12.6. The molecule has 0 saturated heterocycles. The zero-order valence-electron chi connectivity index (χ0n) is 16.0. The lowest BCUT2D eigenvalue weighted by atomic mass is 10.0. The van der Waals surface area contributed by atoms with Gasteiger partial charge in [0.05, 0.1) is 11.1 Å². The van der Waals surface area contributed by atoms with E-state index in [0.717, 1.165) is 34.7 Å². The van der Waals surface area contributed by atoms with Crippen LogP contribution in [0.15, 0.2) is 54.9 Å². The highest BCUT2D eigenvalue weighted by Crippen LogP contribution is 2.45. The molecule has 0 bridgehead atoms. The minimum Gasteiger partial charge on any atom is -0.305 e. The number of nitrogens with zero attached hydrogens (tertiary/aromatic N) is 4. The maximum Gasteiger partial charge on any atom is 0.164 e. The fraction of sp³-hybridized carbons (Fsp3) is 0.261. The Morgan fingerprint density at radius 1 is 1.07 bits per heavy atom. The molecule has 1 saturated carbocycles. The molecule has 4 nitrogen and oxygen atoms in total. The smallest absolute Gasteiger partial charge is 0.164 e. The van der Waals surface area contributed by atoms with Gasteiger partial charge < -0.3 is 4.57 Å². The maximum atomic E-state index is 6.48. The summed E-state index contributed by atoms with van der Waals surface area (Å²) in [6, 6.07) is 16.4. The predicted molar refractivity (Wildman–Crippen MR) is 117 cm³/mol. The van der Waals surface area contributed by atoms with Crippen LogP contribution < -0.4 is 0 Å². The van der Waals surface area contributed by atoms with Gasteiger partial charge in [0.1, 0.15) is 23.4 Å². The second kappa shape index (κ2) is 7.43. The van der Waals surface area contributed by atoms with Crippen molar-refractivity contribution >= 4 is 34.4 Å². The van der Waals surface area contributed by atoms with Gasteiger partial charge in [-0.25, -0.2) is 15.0 Å². The third-order valence-electron chi connectivity index (χ3n) is 5.54. The van der Waals surface area contributed by atoms with Gasteiger partial charge in [-0.15, -0.1) is 0 Å². The molecule has 2 aromatic heterocycles. The molecule has 0 aliphatic heterocycles. The number of benzene rings is 2. The van der Waals surface area contributed by atoms with Crippen molar-refractivity contribution in [2.75, 3.05) is 0 Å². The lowest BCUT2D eigenvalue weighted by Crippen LogP contribution is -2.16. The van der Waals surface area contributed by atoms with Gasteiger partial charge >= 0.3 is 0 Å².